The standard InChI is InChI=1S/C15H16N6O3/c16-13(23)8-21-7-9(6-17-21)18-14(24)5-12(22)15-19-10-3-1-2-4-11(10)20-15/h1-4,6-7,12,22H,5,8H2,(H2,16,23)(H,18,24)(H,19,20). The minimum Gasteiger partial charge on any atom is -0.385 e. The molecule has 1 unspecified atom stereocenters. The molecule has 24 heavy (non-hydrogen) atoms. The van der Waals surface area contributed by atoms with Gasteiger partial charge in [-0.25, -0.2) is 4.98 Å². The average molecular weight is 328 g/mol. The van der Waals surface area contributed by atoms with E-state index in [1.165, 1.54) is 17.1 Å². The van der Waals surface area contributed by atoms with Gasteiger partial charge in [-0.15, -0.1) is 0 Å². The van der Waals surface area contributed by atoms with E-state index in [9.17, 15) is 14.7 Å². The zero-order chi connectivity index (χ0) is 17.1. The molecule has 0 bridgehead atoms. The zero-order valence-corrected chi connectivity index (χ0v) is 12.6. The number of imidazole rings is 1. The monoisotopic (exact) mass is 328 g/mol. The fourth-order valence-electron chi connectivity index (χ4n) is 2.29. The maximum Gasteiger partial charge on any atom is 0.239 e. The first-order valence-electron chi connectivity index (χ1n) is 7.24. The van der Waals surface area contributed by atoms with Crippen LogP contribution in [-0.2, 0) is 16.1 Å². The molecule has 1 aromatic carbocycles. The molecule has 2 amide bonds. The third-order valence-corrected chi connectivity index (χ3v) is 3.34. The maximum absolute atomic E-state index is 12.0. The second-order valence-electron chi connectivity index (χ2n) is 5.30. The summed E-state index contributed by atoms with van der Waals surface area (Å²) >= 11 is 0. The van der Waals surface area contributed by atoms with E-state index in [1.807, 2.05) is 24.3 Å². The highest BCUT2D eigenvalue weighted by Gasteiger charge is 2.17. The normalized spacial score (nSPS) is 12.2. The number of primary amides is 1. The van der Waals surface area contributed by atoms with Crippen molar-refractivity contribution in [1.29, 1.82) is 0 Å². The number of nitrogens with two attached hydrogens (primary N) is 1. The molecule has 3 rings (SSSR count). The number of rotatable bonds is 6. The van der Waals surface area contributed by atoms with Crippen molar-refractivity contribution in [3.05, 3.63) is 42.5 Å². The first kappa shape index (κ1) is 15.7. The number of carbonyl (C=O) groups is 2. The van der Waals surface area contributed by atoms with E-state index in [0.29, 0.717) is 11.5 Å². The number of fused-ring (bicyclic) bond motifs is 1. The first-order chi connectivity index (χ1) is 11.5. The minimum absolute atomic E-state index is 0.0719. The number of hydrogen-bond acceptors (Lipinski definition) is 5. The van der Waals surface area contributed by atoms with Crippen LogP contribution in [0.2, 0.25) is 0 Å². The number of amides is 2. The highest BCUT2D eigenvalue weighted by atomic mass is 16.3. The molecule has 0 radical (unpaired) electrons. The van der Waals surface area contributed by atoms with E-state index in [4.69, 9.17) is 5.73 Å². The summed E-state index contributed by atoms with van der Waals surface area (Å²) in [5.74, 6) is -0.603. The van der Waals surface area contributed by atoms with Crippen molar-refractivity contribution < 1.29 is 14.7 Å². The molecule has 1 atom stereocenters. The molecule has 9 heteroatoms. The Balaban J connectivity index is 1.61. The van der Waals surface area contributed by atoms with Crippen molar-refractivity contribution in [1.82, 2.24) is 19.7 Å². The van der Waals surface area contributed by atoms with Gasteiger partial charge in [0.2, 0.25) is 11.8 Å². The van der Waals surface area contributed by atoms with Gasteiger partial charge in [0.1, 0.15) is 18.5 Å². The number of carbonyl (C=O) groups excluding carboxylic acids is 2. The van der Waals surface area contributed by atoms with E-state index < -0.39 is 17.9 Å². The van der Waals surface area contributed by atoms with Crippen LogP contribution < -0.4 is 11.1 Å². The first-order valence-corrected chi connectivity index (χ1v) is 7.24. The molecule has 2 heterocycles. The number of aliphatic hydroxyl groups excluding tert-OH is 1. The second-order valence-corrected chi connectivity index (χ2v) is 5.30. The van der Waals surface area contributed by atoms with Gasteiger partial charge in [0.15, 0.2) is 0 Å². The van der Waals surface area contributed by atoms with Crippen molar-refractivity contribution in [2.75, 3.05) is 5.32 Å². The summed E-state index contributed by atoms with van der Waals surface area (Å²) in [6, 6.07) is 7.35. The van der Waals surface area contributed by atoms with Gasteiger partial charge in [-0.1, -0.05) is 12.1 Å². The third kappa shape index (κ3) is 3.58. The van der Waals surface area contributed by atoms with E-state index in [2.05, 4.69) is 20.4 Å². The summed E-state index contributed by atoms with van der Waals surface area (Å²) in [6.07, 6.45) is 1.66. The predicted molar refractivity (Wildman–Crippen MR) is 85.7 cm³/mol. The minimum atomic E-state index is -1.06. The predicted octanol–water partition coefficient (Wildman–Crippen LogP) is 0.307. The van der Waals surface area contributed by atoms with E-state index >= 15 is 0 Å². The van der Waals surface area contributed by atoms with Gasteiger partial charge >= 0.3 is 0 Å². The van der Waals surface area contributed by atoms with Crippen LogP contribution in [0, 0.1) is 0 Å². The number of aromatic nitrogens is 4. The molecule has 0 aliphatic carbocycles. The third-order valence-electron chi connectivity index (χ3n) is 3.34. The lowest BCUT2D eigenvalue weighted by Gasteiger charge is -2.07. The number of H-pyrrole nitrogens is 1. The lowest BCUT2D eigenvalue weighted by molar-refractivity contribution is -0.119. The highest BCUT2D eigenvalue weighted by Crippen LogP contribution is 2.19. The number of para-hydroxylation sites is 2. The van der Waals surface area contributed by atoms with Crippen LogP contribution >= 0.6 is 0 Å². The molecule has 2 aromatic heterocycles. The molecule has 0 saturated carbocycles. The number of aromatic amines is 1. The number of benzene rings is 1. The number of anilines is 1. The van der Waals surface area contributed by atoms with Crippen LogP contribution in [0.25, 0.3) is 11.0 Å². The van der Waals surface area contributed by atoms with Gasteiger partial charge in [-0.3, -0.25) is 14.3 Å². The Hall–Kier alpha value is -3.20. The van der Waals surface area contributed by atoms with Crippen LogP contribution in [0.15, 0.2) is 36.7 Å². The smallest absolute Gasteiger partial charge is 0.239 e. The van der Waals surface area contributed by atoms with Crippen LogP contribution in [-0.4, -0.2) is 36.7 Å². The lowest BCUT2D eigenvalue weighted by atomic mass is 10.2. The van der Waals surface area contributed by atoms with Crippen molar-refractivity contribution in [3.63, 3.8) is 0 Å². The molecular formula is C15H16N6O3. The topological polar surface area (TPSA) is 139 Å². The Kier molecular flexibility index (Phi) is 4.25. The fraction of sp³-hybridized carbons (Fsp3) is 0.200. The molecule has 0 spiro atoms. The Bertz CT molecular complexity index is 851. The van der Waals surface area contributed by atoms with Gasteiger partial charge < -0.3 is 21.1 Å². The van der Waals surface area contributed by atoms with Gasteiger partial charge in [-0.05, 0) is 12.1 Å². The van der Waals surface area contributed by atoms with E-state index in [-0.39, 0.29) is 13.0 Å². The Morgan fingerprint density at radius 1 is 1.38 bits per heavy atom. The zero-order valence-electron chi connectivity index (χ0n) is 12.6. The summed E-state index contributed by atoms with van der Waals surface area (Å²) < 4.78 is 1.31. The van der Waals surface area contributed by atoms with E-state index in [1.54, 1.807) is 0 Å². The Morgan fingerprint density at radius 2 is 2.17 bits per heavy atom. The van der Waals surface area contributed by atoms with Crippen molar-refractivity contribution in [3.8, 4) is 0 Å². The number of aliphatic hydroxyl groups is 1. The van der Waals surface area contributed by atoms with Gasteiger partial charge in [0.05, 0.1) is 29.3 Å². The molecule has 9 nitrogen and oxygen atoms in total. The second kappa shape index (κ2) is 6.50. The van der Waals surface area contributed by atoms with Crippen LogP contribution in [0.3, 0.4) is 0 Å². The highest BCUT2D eigenvalue weighted by molar-refractivity contribution is 5.90. The molecule has 0 aliphatic rings. The molecule has 0 saturated heterocycles. The van der Waals surface area contributed by atoms with Crippen molar-refractivity contribution in [2.24, 2.45) is 5.73 Å². The summed E-state index contributed by atoms with van der Waals surface area (Å²) in [7, 11) is 0. The molecule has 5 N–H and O–H groups in total. The summed E-state index contributed by atoms with van der Waals surface area (Å²) in [4.78, 5) is 30.0. The van der Waals surface area contributed by atoms with Gasteiger partial charge in [0.25, 0.3) is 0 Å². The van der Waals surface area contributed by atoms with Crippen molar-refractivity contribution >= 4 is 28.5 Å². The average Bonchev–Trinajstić information content (AvgIpc) is 3.13. The molecule has 124 valence electrons. The number of hydrogen-bond donors (Lipinski definition) is 4. The molecule has 0 aliphatic heterocycles. The largest absolute Gasteiger partial charge is 0.385 e. The fourth-order valence-corrected chi connectivity index (χ4v) is 2.29. The Labute approximate surface area is 136 Å². The van der Waals surface area contributed by atoms with Crippen LogP contribution in [0.1, 0.15) is 18.3 Å². The summed E-state index contributed by atoms with van der Waals surface area (Å²) in [5, 5.41) is 16.6. The quantitative estimate of drug-likeness (QED) is 0.515. The molecule has 0 fully saturated rings. The summed E-state index contributed by atoms with van der Waals surface area (Å²) in [5.41, 5.74) is 6.99. The summed E-state index contributed by atoms with van der Waals surface area (Å²) in [6.45, 7) is -0.0719. The van der Waals surface area contributed by atoms with Crippen LogP contribution in [0.4, 0.5) is 5.69 Å². The Morgan fingerprint density at radius 3 is 2.92 bits per heavy atom. The number of nitrogens with zero attached hydrogens (tertiary/aromatic N) is 3. The SMILES string of the molecule is NC(=O)Cn1cc(NC(=O)CC(O)c2nc3ccccc3[nH]2)cn1. The molecule has 3 aromatic rings. The van der Waals surface area contributed by atoms with Crippen molar-refractivity contribution in [2.45, 2.75) is 19.1 Å². The lowest BCUT2D eigenvalue weighted by Crippen LogP contribution is -2.19. The molecular weight excluding hydrogens is 312 g/mol. The number of nitrogens with one attached hydrogen (secondary N) is 2. The van der Waals surface area contributed by atoms with Crippen LogP contribution in [0.5, 0.6) is 0 Å². The van der Waals surface area contributed by atoms with Gasteiger partial charge in [0, 0.05) is 6.20 Å². The van der Waals surface area contributed by atoms with E-state index in [0.717, 1.165) is 11.0 Å². The maximum atomic E-state index is 12.0. The van der Waals surface area contributed by atoms with Gasteiger partial charge in [-0.2, -0.15) is 5.10 Å².